The molecule has 4 N–H and O–H groups in total. The summed E-state index contributed by atoms with van der Waals surface area (Å²) < 4.78 is 12.6. The Morgan fingerprint density at radius 2 is 2.00 bits per heavy atom. The van der Waals surface area contributed by atoms with Gasteiger partial charge in [0.2, 0.25) is 0 Å². The van der Waals surface area contributed by atoms with Gasteiger partial charge in [-0.05, 0) is 24.1 Å². The fourth-order valence-electron chi connectivity index (χ4n) is 1.36. The predicted octanol–water partition coefficient (Wildman–Crippen LogP) is 1.22. The lowest BCUT2D eigenvalue weighted by Gasteiger charge is -2.12. The highest BCUT2D eigenvalue weighted by Gasteiger charge is 2.16. The number of aliphatic hydroxyl groups excluding tert-OH is 1. The molecule has 1 aromatic rings. The lowest BCUT2D eigenvalue weighted by molar-refractivity contribution is -0.139. The first-order chi connectivity index (χ1) is 8.49. The zero-order chi connectivity index (χ0) is 13.5. The predicted molar refractivity (Wildman–Crippen MR) is 68.8 cm³/mol. The summed E-state index contributed by atoms with van der Waals surface area (Å²) in [7, 11) is 0. The molecule has 6 heteroatoms. The van der Waals surface area contributed by atoms with E-state index in [2.05, 4.69) is 0 Å². The first-order valence-corrected chi connectivity index (χ1v) is 6.63. The molecule has 0 saturated carbocycles. The highest BCUT2D eigenvalue weighted by molar-refractivity contribution is 7.98. The van der Waals surface area contributed by atoms with Crippen molar-refractivity contribution < 1.29 is 19.4 Å². The van der Waals surface area contributed by atoms with Crippen molar-refractivity contribution in [3.63, 3.8) is 0 Å². The third-order valence-corrected chi connectivity index (χ3v) is 3.49. The lowest BCUT2D eigenvalue weighted by Crippen LogP contribution is -2.34. The molecule has 0 aliphatic carbocycles. The van der Waals surface area contributed by atoms with Crippen LogP contribution in [0.2, 0.25) is 0 Å². The van der Waals surface area contributed by atoms with E-state index in [-0.39, 0.29) is 12.2 Å². The number of hydrogen-bond acceptors (Lipinski definition) is 4. The fraction of sp³-hybridized carbons (Fsp3) is 0.417. The number of thioether (sulfide) groups is 1. The molecule has 0 spiro atoms. The van der Waals surface area contributed by atoms with Crippen LogP contribution in [0.25, 0.3) is 0 Å². The molecule has 0 amide bonds. The molecule has 2 unspecified atom stereocenters. The number of carboxylic acids is 1. The summed E-state index contributed by atoms with van der Waals surface area (Å²) in [5.74, 6) is -0.355. The van der Waals surface area contributed by atoms with E-state index in [1.165, 1.54) is 23.9 Å². The van der Waals surface area contributed by atoms with Gasteiger partial charge in [0.15, 0.2) is 0 Å². The van der Waals surface area contributed by atoms with Gasteiger partial charge >= 0.3 is 5.97 Å². The minimum Gasteiger partial charge on any atom is -0.480 e. The van der Waals surface area contributed by atoms with E-state index in [9.17, 15) is 14.3 Å². The van der Waals surface area contributed by atoms with Crippen LogP contribution in [0.5, 0.6) is 0 Å². The Morgan fingerprint density at radius 3 is 2.56 bits per heavy atom. The summed E-state index contributed by atoms with van der Waals surface area (Å²) in [4.78, 5) is 10.5. The summed E-state index contributed by atoms with van der Waals surface area (Å²) >= 11 is 1.45. The lowest BCUT2D eigenvalue weighted by atomic mass is 10.1. The molecule has 100 valence electrons. The highest BCUT2D eigenvalue weighted by atomic mass is 32.2. The van der Waals surface area contributed by atoms with E-state index >= 15 is 0 Å². The second kappa shape index (κ2) is 7.35. The Balaban J connectivity index is 2.25. The van der Waals surface area contributed by atoms with Crippen LogP contribution in [0.1, 0.15) is 12.0 Å². The quantitative estimate of drug-likeness (QED) is 0.695. The van der Waals surface area contributed by atoms with Gasteiger partial charge in [-0.25, -0.2) is 4.39 Å². The second-order valence-corrected chi connectivity index (χ2v) is 5.01. The maximum absolute atomic E-state index is 12.6. The Kier molecular flexibility index (Phi) is 6.11. The molecule has 0 bridgehead atoms. The zero-order valence-corrected chi connectivity index (χ0v) is 10.6. The summed E-state index contributed by atoms with van der Waals surface area (Å²) in [5.41, 5.74) is 6.26. The van der Waals surface area contributed by atoms with Crippen LogP contribution in [0.3, 0.4) is 0 Å². The Morgan fingerprint density at radius 1 is 1.39 bits per heavy atom. The van der Waals surface area contributed by atoms with Crippen molar-refractivity contribution in [2.24, 2.45) is 5.73 Å². The van der Waals surface area contributed by atoms with Crippen molar-refractivity contribution in [1.82, 2.24) is 0 Å². The highest BCUT2D eigenvalue weighted by Crippen LogP contribution is 2.15. The van der Waals surface area contributed by atoms with Crippen LogP contribution < -0.4 is 5.73 Å². The number of halogens is 1. The average Bonchev–Trinajstić information content (AvgIpc) is 2.31. The van der Waals surface area contributed by atoms with Crippen molar-refractivity contribution in [3.8, 4) is 0 Å². The monoisotopic (exact) mass is 273 g/mol. The van der Waals surface area contributed by atoms with E-state index in [0.29, 0.717) is 11.5 Å². The maximum Gasteiger partial charge on any atom is 0.320 e. The second-order valence-electron chi connectivity index (χ2n) is 3.98. The average molecular weight is 273 g/mol. The van der Waals surface area contributed by atoms with Crippen molar-refractivity contribution in [2.45, 2.75) is 24.3 Å². The smallest absolute Gasteiger partial charge is 0.320 e. The molecule has 2 atom stereocenters. The number of hydrogen-bond donors (Lipinski definition) is 3. The number of nitrogens with two attached hydrogens (primary N) is 1. The van der Waals surface area contributed by atoms with Crippen LogP contribution in [0.15, 0.2) is 24.3 Å². The Bertz CT molecular complexity index is 385. The van der Waals surface area contributed by atoms with E-state index in [0.717, 1.165) is 5.56 Å². The molecule has 0 aliphatic rings. The molecule has 0 fully saturated rings. The van der Waals surface area contributed by atoms with Crippen LogP contribution in [0, 0.1) is 5.82 Å². The van der Waals surface area contributed by atoms with Gasteiger partial charge < -0.3 is 15.9 Å². The third-order valence-electron chi connectivity index (χ3n) is 2.34. The van der Waals surface area contributed by atoms with Crippen LogP contribution in [0.4, 0.5) is 4.39 Å². The van der Waals surface area contributed by atoms with Gasteiger partial charge in [0.1, 0.15) is 11.9 Å². The van der Waals surface area contributed by atoms with E-state index in [1.54, 1.807) is 12.1 Å². The molecule has 18 heavy (non-hydrogen) atoms. The SMILES string of the molecule is NC(CC(O)CSCc1ccc(F)cc1)C(=O)O. The molecule has 0 radical (unpaired) electrons. The van der Waals surface area contributed by atoms with Crippen molar-refractivity contribution in [1.29, 1.82) is 0 Å². The first-order valence-electron chi connectivity index (χ1n) is 5.47. The van der Waals surface area contributed by atoms with E-state index in [4.69, 9.17) is 10.8 Å². The van der Waals surface area contributed by atoms with Crippen LogP contribution >= 0.6 is 11.8 Å². The summed E-state index contributed by atoms with van der Waals surface area (Å²) in [6.45, 7) is 0. The molecule has 0 aromatic heterocycles. The number of carboxylic acid groups (broad SMARTS) is 1. The zero-order valence-electron chi connectivity index (χ0n) is 9.75. The summed E-state index contributed by atoms with van der Waals surface area (Å²) in [6.07, 6.45) is -0.715. The van der Waals surface area contributed by atoms with Gasteiger partial charge in [0.05, 0.1) is 6.10 Å². The summed E-state index contributed by atoms with van der Waals surface area (Å²) in [5, 5.41) is 18.1. The normalized spacial score (nSPS) is 14.2. The third kappa shape index (κ3) is 5.48. The molecule has 4 nitrogen and oxygen atoms in total. The van der Waals surface area contributed by atoms with E-state index < -0.39 is 18.1 Å². The number of aliphatic carboxylic acids is 1. The minimum absolute atomic E-state index is 0.0335. The molecule has 0 saturated heterocycles. The molecule has 0 heterocycles. The van der Waals surface area contributed by atoms with Crippen molar-refractivity contribution in [2.75, 3.05) is 5.75 Å². The van der Waals surface area contributed by atoms with Crippen LogP contribution in [-0.2, 0) is 10.5 Å². The maximum atomic E-state index is 12.6. The topological polar surface area (TPSA) is 83.5 Å². The van der Waals surface area contributed by atoms with Crippen molar-refractivity contribution >= 4 is 17.7 Å². The standard InChI is InChI=1S/C12H16FNO3S/c13-9-3-1-8(2-4-9)6-18-7-10(15)5-11(14)12(16)17/h1-4,10-11,15H,5-7,14H2,(H,16,17). The van der Waals surface area contributed by atoms with Gasteiger partial charge in [0, 0.05) is 11.5 Å². The van der Waals surface area contributed by atoms with Gasteiger partial charge in [-0.3, -0.25) is 4.79 Å². The fourth-order valence-corrected chi connectivity index (χ4v) is 2.31. The van der Waals surface area contributed by atoms with E-state index in [1.807, 2.05) is 0 Å². The molecular formula is C12H16FNO3S. The summed E-state index contributed by atoms with van der Waals surface area (Å²) in [6, 6.07) is 5.08. The van der Waals surface area contributed by atoms with Gasteiger partial charge in [-0.2, -0.15) is 11.8 Å². The molecule has 1 rings (SSSR count). The largest absolute Gasteiger partial charge is 0.480 e. The molecule has 0 aliphatic heterocycles. The van der Waals surface area contributed by atoms with Gasteiger partial charge in [-0.15, -0.1) is 0 Å². The van der Waals surface area contributed by atoms with Gasteiger partial charge in [0.25, 0.3) is 0 Å². The number of benzene rings is 1. The number of rotatable bonds is 7. The molecular weight excluding hydrogens is 257 g/mol. The first kappa shape index (κ1) is 14.9. The van der Waals surface area contributed by atoms with Gasteiger partial charge in [-0.1, -0.05) is 12.1 Å². The molecule has 1 aromatic carbocycles. The van der Waals surface area contributed by atoms with Crippen molar-refractivity contribution in [3.05, 3.63) is 35.6 Å². The number of aliphatic hydroxyl groups is 1. The number of carbonyl (C=O) groups is 1. The Labute approximate surface area is 109 Å². The van der Waals surface area contributed by atoms with Crippen LogP contribution in [-0.4, -0.2) is 34.1 Å². The Hall–Kier alpha value is -1.11. The minimum atomic E-state index is -1.11.